The van der Waals surface area contributed by atoms with Crippen LogP contribution in [0.1, 0.15) is 48.0 Å². The maximum absolute atomic E-state index is 12.9. The number of amides is 1. The Morgan fingerprint density at radius 2 is 2.12 bits per heavy atom. The van der Waals surface area contributed by atoms with E-state index in [2.05, 4.69) is 33.3 Å². The summed E-state index contributed by atoms with van der Waals surface area (Å²) in [5, 5.41) is 7.42. The highest BCUT2D eigenvalue weighted by Gasteiger charge is 2.46. The van der Waals surface area contributed by atoms with Crippen LogP contribution < -0.4 is 4.74 Å². The zero-order valence-corrected chi connectivity index (χ0v) is 14.9. The van der Waals surface area contributed by atoms with E-state index in [9.17, 15) is 4.79 Å². The van der Waals surface area contributed by atoms with Gasteiger partial charge in [0.1, 0.15) is 5.75 Å². The minimum Gasteiger partial charge on any atom is -0.497 e. The van der Waals surface area contributed by atoms with Gasteiger partial charge in [0.05, 0.1) is 12.8 Å². The Kier molecular flexibility index (Phi) is 4.24. The second kappa shape index (κ2) is 6.54. The number of hydrogen-bond acceptors (Lipinski definition) is 3. The smallest absolute Gasteiger partial charge is 0.226 e. The molecule has 0 unspecified atom stereocenters. The number of aromatic amines is 1. The fourth-order valence-electron chi connectivity index (χ4n) is 3.99. The summed E-state index contributed by atoms with van der Waals surface area (Å²) in [4.78, 5) is 15.0. The molecule has 2 aliphatic rings. The van der Waals surface area contributed by atoms with Gasteiger partial charge in [-0.25, -0.2) is 0 Å². The third-order valence-corrected chi connectivity index (χ3v) is 5.53. The number of rotatable bonds is 4. The number of aromatic nitrogens is 2. The number of carbonyl (C=O) groups is 1. The maximum Gasteiger partial charge on any atom is 0.226 e. The largest absolute Gasteiger partial charge is 0.497 e. The van der Waals surface area contributed by atoms with Gasteiger partial charge in [-0.05, 0) is 55.9 Å². The summed E-state index contributed by atoms with van der Waals surface area (Å²) in [6, 6.07) is 10.2. The third kappa shape index (κ3) is 3.28. The highest BCUT2D eigenvalue weighted by atomic mass is 16.5. The first-order valence-electron chi connectivity index (χ1n) is 9.10. The molecule has 0 spiro atoms. The third-order valence-electron chi connectivity index (χ3n) is 5.53. The van der Waals surface area contributed by atoms with Crippen LogP contribution in [0.2, 0.25) is 0 Å². The molecule has 1 aromatic heterocycles. The van der Waals surface area contributed by atoms with Crippen LogP contribution in [-0.4, -0.2) is 41.2 Å². The number of nitrogens with zero attached hydrogens (tertiary/aromatic N) is 2. The van der Waals surface area contributed by atoms with Gasteiger partial charge in [-0.3, -0.25) is 9.89 Å². The van der Waals surface area contributed by atoms with Gasteiger partial charge in [0, 0.05) is 30.6 Å². The molecule has 0 radical (unpaired) electrons. The molecule has 4 rings (SSSR count). The van der Waals surface area contributed by atoms with E-state index in [1.54, 1.807) is 7.11 Å². The van der Waals surface area contributed by atoms with Gasteiger partial charge in [-0.1, -0.05) is 12.1 Å². The van der Waals surface area contributed by atoms with Gasteiger partial charge in [0.25, 0.3) is 0 Å². The number of ether oxygens (including phenoxy) is 1. The maximum atomic E-state index is 12.9. The van der Waals surface area contributed by atoms with Gasteiger partial charge < -0.3 is 9.64 Å². The Morgan fingerprint density at radius 1 is 1.32 bits per heavy atom. The Labute approximate surface area is 148 Å². The summed E-state index contributed by atoms with van der Waals surface area (Å²) < 4.78 is 5.21. The summed E-state index contributed by atoms with van der Waals surface area (Å²) in [5.41, 5.74) is 3.42. The molecule has 5 heteroatoms. The molecule has 3 atom stereocenters. The topological polar surface area (TPSA) is 58.2 Å². The fourth-order valence-corrected chi connectivity index (χ4v) is 3.99. The van der Waals surface area contributed by atoms with Crippen molar-refractivity contribution in [3.63, 3.8) is 0 Å². The van der Waals surface area contributed by atoms with Crippen molar-refractivity contribution in [1.82, 2.24) is 15.1 Å². The number of piperidine rings is 1. The monoisotopic (exact) mass is 339 g/mol. The predicted molar refractivity (Wildman–Crippen MR) is 95.7 cm³/mol. The lowest BCUT2D eigenvalue weighted by Crippen LogP contribution is -2.40. The first-order chi connectivity index (χ1) is 12.2. The van der Waals surface area contributed by atoms with Gasteiger partial charge in [0.2, 0.25) is 5.91 Å². The van der Waals surface area contributed by atoms with E-state index in [4.69, 9.17) is 4.74 Å². The summed E-state index contributed by atoms with van der Waals surface area (Å²) in [7, 11) is 1.67. The quantitative estimate of drug-likeness (QED) is 0.930. The Morgan fingerprint density at radius 3 is 2.80 bits per heavy atom. The van der Waals surface area contributed by atoms with Crippen molar-refractivity contribution in [3.05, 3.63) is 47.3 Å². The lowest BCUT2D eigenvalue weighted by Gasteiger charge is -2.32. The lowest BCUT2D eigenvalue weighted by atomic mass is 9.94. The first kappa shape index (κ1) is 16.2. The van der Waals surface area contributed by atoms with E-state index in [0.29, 0.717) is 17.7 Å². The van der Waals surface area contributed by atoms with Crippen molar-refractivity contribution in [3.8, 4) is 5.75 Å². The van der Waals surface area contributed by atoms with Crippen molar-refractivity contribution >= 4 is 5.91 Å². The number of benzene rings is 1. The second-order valence-corrected chi connectivity index (χ2v) is 7.32. The van der Waals surface area contributed by atoms with Crippen LogP contribution in [0.4, 0.5) is 0 Å². The molecule has 5 nitrogen and oxygen atoms in total. The molecule has 1 saturated carbocycles. The number of H-pyrrole nitrogens is 1. The number of methoxy groups -OCH3 is 1. The molecule has 132 valence electrons. The zero-order chi connectivity index (χ0) is 17.4. The number of carbonyl (C=O) groups excluding carboxylic acids is 1. The summed E-state index contributed by atoms with van der Waals surface area (Å²) in [5.74, 6) is 2.05. The second-order valence-electron chi connectivity index (χ2n) is 7.32. The van der Waals surface area contributed by atoms with Crippen LogP contribution in [0.25, 0.3) is 0 Å². The summed E-state index contributed by atoms with van der Waals surface area (Å²) in [6.45, 7) is 3.70. The van der Waals surface area contributed by atoms with Crippen LogP contribution in [0, 0.1) is 12.8 Å². The van der Waals surface area contributed by atoms with Crippen LogP contribution in [-0.2, 0) is 4.79 Å². The van der Waals surface area contributed by atoms with E-state index in [0.717, 1.165) is 49.5 Å². The average molecular weight is 339 g/mol. The molecular formula is C20H25N3O2. The SMILES string of the molecule is COc1ccc([C@@H]2C[C@H]2C(=O)N2CCC[C@@H](c3cc(C)[nH]n3)C2)cc1. The van der Waals surface area contributed by atoms with Crippen molar-refractivity contribution in [2.75, 3.05) is 20.2 Å². The van der Waals surface area contributed by atoms with Crippen molar-refractivity contribution in [2.45, 2.75) is 38.0 Å². The predicted octanol–water partition coefficient (Wildman–Crippen LogP) is 3.24. The molecular weight excluding hydrogens is 314 g/mol. The molecule has 25 heavy (non-hydrogen) atoms. The van der Waals surface area contributed by atoms with E-state index in [-0.39, 0.29) is 5.92 Å². The minimum atomic E-state index is 0.146. The van der Waals surface area contributed by atoms with E-state index >= 15 is 0 Å². The van der Waals surface area contributed by atoms with Crippen LogP contribution in [0.5, 0.6) is 5.75 Å². The van der Waals surface area contributed by atoms with Gasteiger partial charge in [0.15, 0.2) is 0 Å². The van der Waals surface area contributed by atoms with Crippen LogP contribution in [0.15, 0.2) is 30.3 Å². The Bertz CT molecular complexity index is 753. The lowest BCUT2D eigenvalue weighted by molar-refractivity contribution is -0.133. The molecule has 1 aliphatic heterocycles. The molecule has 1 aromatic carbocycles. The molecule has 1 aliphatic carbocycles. The highest BCUT2D eigenvalue weighted by molar-refractivity contribution is 5.83. The van der Waals surface area contributed by atoms with Gasteiger partial charge in [-0.2, -0.15) is 5.10 Å². The van der Waals surface area contributed by atoms with E-state index in [1.165, 1.54) is 5.56 Å². The van der Waals surface area contributed by atoms with Gasteiger partial charge >= 0.3 is 0 Å². The van der Waals surface area contributed by atoms with Crippen molar-refractivity contribution < 1.29 is 9.53 Å². The van der Waals surface area contributed by atoms with E-state index < -0.39 is 0 Å². The number of hydrogen-bond donors (Lipinski definition) is 1. The number of nitrogens with one attached hydrogen (secondary N) is 1. The highest BCUT2D eigenvalue weighted by Crippen LogP contribution is 2.49. The minimum absolute atomic E-state index is 0.146. The molecule has 1 amide bonds. The van der Waals surface area contributed by atoms with Crippen LogP contribution >= 0.6 is 0 Å². The van der Waals surface area contributed by atoms with Crippen molar-refractivity contribution in [2.24, 2.45) is 5.92 Å². The summed E-state index contributed by atoms with van der Waals surface area (Å²) in [6.07, 6.45) is 3.14. The van der Waals surface area contributed by atoms with E-state index in [1.807, 2.05) is 19.1 Å². The normalized spacial score (nSPS) is 25.7. The fraction of sp³-hybridized carbons (Fsp3) is 0.500. The van der Waals surface area contributed by atoms with Crippen LogP contribution in [0.3, 0.4) is 0 Å². The first-order valence-corrected chi connectivity index (χ1v) is 9.10. The Hall–Kier alpha value is -2.30. The molecule has 1 saturated heterocycles. The summed E-state index contributed by atoms with van der Waals surface area (Å²) >= 11 is 0. The molecule has 0 bridgehead atoms. The standard InChI is InChI=1S/C20H25N3O2/c1-13-10-19(22-21-13)15-4-3-9-23(12-15)20(24)18-11-17(18)14-5-7-16(25-2)8-6-14/h5-8,10,15,17-18H,3-4,9,11-12H2,1-2H3,(H,21,22)/t15-,17+,18-/m1/s1. The molecule has 2 aromatic rings. The molecule has 2 fully saturated rings. The number of likely N-dealkylation sites (tertiary alicyclic amines) is 1. The average Bonchev–Trinajstić information content (AvgIpc) is 3.34. The van der Waals surface area contributed by atoms with Crippen molar-refractivity contribution in [1.29, 1.82) is 0 Å². The molecule has 1 N–H and O–H groups in total. The number of aryl methyl sites for hydroxylation is 1. The van der Waals surface area contributed by atoms with Gasteiger partial charge in [-0.15, -0.1) is 0 Å². The Balaban J connectivity index is 1.39. The molecule has 2 heterocycles. The zero-order valence-electron chi connectivity index (χ0n) is 14.9.